The zero-order valence-electron chi connectivity index (χ0n) is 16.8. The Kier molecular flexibility index (Phi) is 5.03. The molecule has 7 heteroatoms. The number of benzene rings is 1. The number of fused-ring (bicyclic) bond motifs is 1. The van der Waals surface area contributed by atoms with E-state index in [2.05, 4.69) is 49.8 Å². The van der Waals surface area contributed by atoms with Gasteiger partial charge in [0.05, 0.1) is 29.1 Å². The van der Waals surface area contributed by atoms with Gasteiger partial charge in [0.15, 0.2) is 0 Å². The molecule has 0 aliphatic carbocycles. The van der Waals surface area contributed by atoms with Crippen molar-refractivity contribution in [2.75, 3.05) is 24.1 Å². The number of anilines is 2. The van der Waals surface area contributed by atoms with Crippen LogP contribution in [0, 0.1) is 0 Å². The number of nitrogens with one attached hydrogen (secondary N) is 2. The summed E-state index contributed by atoms with van der Waals surface area (Å²) in [6.45, 7) is 2.72. The van der Waals surface area contributed by atoms with Gasteiger partial charge in [0.1, 0.15) is 5.82 Å². The zero-order chi connectivity index (χ0) is 20.3. The number of nitrogens with two attached hydrogens (primary N) is 1. The number of aromatic nitrogens is 4. The van der Waals surface area contributed by atoms with Crippen LogP contribution in [-0.2, 0) is 6.54 Å². The van der Waals surface area contributed by atoms with Gasteiger partial charge in [-0.2, -0.15) is 5.10 Å². The highest BCUT2D eigenvalue weighted by Crippen LogP contribution is 2.26. The van der Waals surface area contributed by atoms with Crippen LogP contribution in [0.1, 0.15) is 24.4 Å². The van der Waals surface area contributed by atoms with Crippen molar-refractivity contribution in [3.05, 3.63) is 66.6 Å². The topological polar surface area (TPSA) is 93.7 Å². The summed E-state index contributed by atoms with van der Waals surface area (Å²) in [7, 11) is 0. The molecule has 0 amide bonds. The van der Waals surface area contributed by atoms with Crippen molar-refractivity contribution in [3.8, 4) is 11.3 Å². The van der Waals surface area contributed by atoms with Gasteiger partial charge in [-0.05, 0) is 61.8 Å². The van der Waals surface area contributed by atoms with Crippen molar-refractivity contribution in [1.29, 1.82) is 0 Å². The number of piperidine rings is 1. The molecule has 0 bridgehead atoms. The molecule has 5 rings (SSSR count). The highest BCUT2D eigenvalue weighted by atomic mass is 15.3. The average Bonchev–Trinajstić information content (AvgIpc) is 3.29. The Morgan fingerprint density at radius 2 is 2.03 bits per heavy atom. The van der Waals surface area contributed by atoms with Crippen LogP contribution in [-0.4, -0.2) is 32.8 Å². The molecular weight excluding hydrogens is 374 g/mol. The molecule has 4 aromatic rings. The Morgan fingerprint density at radius 1 is 1.13 bits per heavy atom. The van der Waals surface area contributed by atoms with Crippen LogP contribution in [0.2, 0.25) is 0 Å². The Labute approximate surface area is 175 Å². The fourth-order valence-corrected chi connectivity index (χ4v) is 3.93. The van der Waals surface area contributed by atoms with E-state index in [-0.39, 0.29) is 0 Å². The largest absolute Gasteiger partial charge is 0.396 e. The predicted molar refractivity (Wildman–Crippen MR) is 120 cm³/mol. The summed E-state index contributed by atoms with van der Waals surface area (Å²) in [5, 5.41) is 12.5. The van der Waals surface area contributed by atoms with Gasteiger partial charge in [-0.25, -0.2) is 4.98 Å². The van der Waals surface area contributed by atoms with Crippen LogP contribution < -0.4 is 16.4 Å². The molecule has 0 atom stereocenters. The third kappa shape index (κ3) is 3.84. The van der Waals surface area contributed by atoms with Gasteiger partial charge in [-0.3, -0.25) is 9.67 Å². The molecular formula is C23H25N7. The molecule has 0 radical (unpaired) electrons. The van der Waals surface area contributed by atoms with E-state index in [4.69, 9.17) is 10.7 Å². The molecule has 7 nitrogen and oxygen atoms in total. The zero-order valence-corrected chi connectivity index (χ0v) is 16.8. The van der Waals surface area contributed by atoms with Gasteiger partial charge >= 0.3 is 0 Å². The summed E-state index contributed by atoms with van der Waals surface area (Å²) in [5.41, 5.74) is 10.8. The fourth-order valence-electron chi connectivity index (χ4n) is 3.93. The second-order valence-corrected chi connectivity index (χ2v) is 7.71. The van der Waals surface area contributed by atoms with Gasteiger partial charge in [0.2, 0.25) is 0 Å². The monoisotopic (exact) mass is 399 g/mol. The Bertz CT molecular complexity index is 1160. The van der Waals surface area contributed by atoms with Gasteiger partial charge in [0.25, 0.3) is 0 Å². The van der Waals surface area contributed by atoms with Crippen molar-refractivity contribution < 1.29 is 0 Å². The van der Waals surface area contributed by atoms with Crippen molar-refractivity contribution in [2.45, 2.75) is 25.4 Å². The molecule has 1 aromatic carbocycles. The van der Waals surface area contributed by atoms with Crippen molar-refractivity contribution in [2.24, 2.45) is 0 Å². The standard InChI is InChI=1S/C23H25N7/c24-20-4-6-22(18-14-28-30(15-18)19-7-10-25-11-8-19)29-23(20)27-13-16-3-5-21-17(12-16)2-1-9-26-21/h1-6,9,12,14-15,19,25H,7-8,10-11,13,24H2,(H,27,29). The first kappa shape index (κ1) is 18.6. The minimum absolute atomic E-state index is 0.453. The molecule has 0 spiro atoms. The van der Waals surface area contributed by atoms with E-state index in [9.17, 15) is 0 Å². The highest BCUT2D eigenvalue weighted by molar-refractivity contribution is 5.79. The molecule has 152 valence electrons. The molecule has 4 N–H and O–H groups in total. The molecule has 1 fully saturated rings. The lowest BCUT2D eigenvalue weighted by atomic mass is 10.1. The Hall–Kier alpha value is -3.45. The van der Waals surface area contributed by atoms with Crippen molar-refractivity contribution in [1.82, 2.24) is 25.1 Å². The quantitative estimate of drug-likeness (QED) is 0.475. The van der Waals surface area contributed by atoms with E-state index in [1.54, 1.807) is 0 Å². The lowest BCUT2D eigenvalue weighted by molar-refractivity contribution is 0.343. The minimum Gasteiger partial charge on any atom is -0.396 e. The maximum absolute atomic E-state index is 6.18. The second kappa shape index (κ2) is 8.12. The number of nitrogen functional groups attached to an aromatic ring is 1. The van der Waals surface area contributed by atoms with Crippen molar-refractivity contribution >= 4 is 22.4 Å². The van der Waals surface area contributed by atoms with Crippen LogP contribution >= 0.6 is 0 Å². The summed E-state index contributed by atoms with van der Waals surface area (Å²) < 4.78 is 2.07. The molecule has 1 saturated heterocycles. The summed E-state index contributed by atoms with van der Waals surface area (Å²) in [6, 6.07) is 14.6. The van der Waals surface area contributed by atoms with Crippen LogP contribution in [0.25, 0.3) is 22.2 Å². The molecule has 3 aromatic heterocycles. The molecule has 4 heterocycles. The van der Waals surface area contributed by atoms with E-state index < -0.39 is 0 Å². The first-order chi connectivity index (χ1) is 14.8. The van der Waals surface area contributed by atoms with Gasteiger partial charge in [-0.1, -0.05) is 12.1 Å². The molecule has 0 unspecified atom stereocenters. The van der Waals surface area contributed by atoms with E-state index in [0.29, 0.717) is 24.1 Å². The number of rotatable bonds is 5. The van der Waals surface area contributed by atoms with E-state index in [1.807, 2.05) is 36.7 Å². The lowest BCUT2D eigenvalue weighted by Gasteiger charge is -2.22. The van der Waals surface area contributed by atoms with Crippen LogP contribution in [0.15, 0.2) is 61.1 Å². The van der Waals surface area contributed by atoms with Crippen LogP contribution in [0.3, 0.4) is 0 Å². The number of hydrogen-bond donors (Lipinski definition) is 3. The first-order valence-corrected chi connectivity index (χ1v) is 10.4. The lowest BCUT2D eigenvalue weighted by Crippen LogP contribution is -2.29. The summed E-state index contributed by atoms with van der Waals surface area (Å²) in [5.74, 6) is 0.688. The van der Waals surface area contributed by atoms with Crippen molar-refractivity contribution in [3.63, 3.8) is 0 Å². The Balaban J connectivity index is 1.33. The molecule has 0 saturated carbocycles. The Morgan fingerprint density at radius 3 is 2.93 bits per heavy atom. The van der Waals surface area contributed by atoms with Gasteiger partial charge in [0, 0.05) is 29.9 Å². The molecule has 30 heavy (non-hydrogen) atoms. The SMILES string of the molecule is Nc1ccc(-c2cnn(C3CCNCC3)c2)nc1NCc1ccc2ncccc2c1. The smallest absolute Gasteiger partial charge is 0.150 e. The first-order valence-electron chi connectivity index (χ1n) is 10.4. The number of hydrogen-bond acceptors (Lipinski definition) is 6. The van der Waals surface area contributed by atoms with Gasteiger partial charge in [-0.15, -0.1) is 0 Å². The number of pyridine rings is 2. The minimum atomic E-state index is 0.453. The summed E-state index contributed by atoms with van der Waals surface area (Å²) in [6.07, 6.45) is 7.99. The highest BCUT2D eigenvalue weighted by Gasteiger charge is 2.16. The summed E-state index contributed by atoms with van der Waals surface area (Å²) >= 11 is 0. The molecule has 1 aliphatic heterocycles. The summed E-state index contributed by atoms with van der Waals surface area (Å²) in [4.78, 5) is 9.14. The van der Waals surface area contributed by atoms with Crippen LogP contribution in [0.4, 0.5) is 11.5 Å². The maximum atomic E-state index is 6.18. The third-order valence-corrected chi connectivity index (χ3v) is 5.63. The van der Waals surface area contributed by atoms with E-state index >= 15 is 0 Å². The average molecular weight is 400 g/mol. The third-order valence-electron chi connectivity index (χ3n) is 5.63. The van der Waals surface area contributed by atoms with E-state index in [0.717, 1.165) is 53.7 Å². The fraction of sp³-hybridized carbons (Fsp3) is 0.261. The maximum Gasteiger partial charge on any atom is 0.150 e. The number of nitrogens with zero attached hydrogens (tertiary/aromatic N) is 4. The second-order valence-electron chi connectivity index (χ2n) is 7.71. The molecule has 1 aliphatic rings. The van der Waals surface area contributed by atoms with Crippen LogP contribution in [0.5, 0.6) is 0 Å². The van der Waals surface area contributed by atoms with E-state index in [1.165, 1.54) is 0 Å². The predicted octanol–water partition coefficient (Wildman–Crippen LogP) is 3.61. The normalized spacial score (nSPS) is 14.8. The van der Waals surface area contributed by atoms with Gasteiger partial charge < -0.3 is 16.4 Å².